The van der Waals surface area contributed by atoms with Crippen molar-refractivity contribution >= 4 is 39.5 Å². The monoisotopic (exact) mass is 1420 g/mol. The molecule has 0 radical (unpaired) electrons. The Morgan fingerprint density at radius 2 is 0.531 bits per heavy atom. The first-order valence-corrected chi connectivity index (χ1v) is 41.5. The SMILES string of the molecule is CC/C=C\C/C=C\C/C=C\CCCCCCCCCC(=O)OCC(COP(=O)(O)OCC(O)COP(=O)(O)OCC(COC(=O)CCCCCCC/C=C\C/C=C\C/C=C\CC)OC(=O)CCCCCCCCCCCCC)OC(=O)CCCCCCC/C=C\C/C=C\CCCCC. The molecule has 0 aromatic heterocycles. The van der Waals surface area contributed by atoms with Crippen LogP contribution in [0.15, 0.2) is 97.2 Å². The van der Waals surface area contributed by atoms with Crippen molar-refractivity contribution in [3.05, 3.63) is 97.2 Å². The van der Waals surface area contributed by atoms with Crippen molar-refractivity contribution in [1.82, 2.24) is 0 Å². The van der Waals surface area contributed by atoms with Gasteiger partial charge >= 0.3 is 39.5 Å². The minimum Gasteiger partial charge on any atom is -0.462 e. The molecule has 0 aliphatic carbocycles. The van der Waals surface area contributed by atoms with E-state index in [9.17, 15) is 43.2 Å². The molecule has 0 saturated heterocycles. The molecule has 0 saturated carbocycles. The van der Waals surface area contributed by atoms with Gasteiger partial charge in [0.25, 0.3) is 0 Å². The number of hydrogen-bond donors (Lipinski definition) is 3. The molecule has 5 unspecified atom stereocenters. The van der Waals surface area contributed by atoms with Crippen LogP contribution in [-0.4, -0.2) is 96.7 Å². The summed E-state index contributed by atoms with van der Waals surface area (Å²) in [5.74, 6) is -2.20. The molecule has 17 nitrogen and oxygen atoms in total. The summed E-state index contributed by atoms with van der Waals surface area (Å²) in [7, 11) is -9.95. The molecule has 0 aliphatic rings. The lowest BCUT2D eigenvalue weighted by Crippen LogP contribution is -2.30. The molecule has 0 aromatic rings. The van der Waals surface area contributed by atoms with Gasteiger partial charge in [-0.05, 0) is 122 Å². The third-order valence-corrected chi connectivity index (χ3v) is 17.9. The highest BCUT2D eigenvalue weighted by atomic mass is 31.2. The van der Waals surface area contributed by atoms with E-state index >= 15 is 0 Å². The molecule has 0 bridgehead atoms. The second-order valence-electron chi connectivity index (χ2n) is 25.5. The Kier molecular flexibility index (Phi) is 68.4. The standard InChI is InChI=1S/C79H138O17P2/c1-5-9-13-17-21-25-29-32-35-36-39-41-45-48-52-56-60-64-77(82)90-70-75(96-79(84)66-62-58-54-50-46-42-38-34-31-27-23-19-15-11-7-3)72-94-98(87,88)92-68-73(80)67-91-97(85,86)93-71-74(95-78(83)65-61-57-53-49-43-28-24-20-16-12-8-4)69-89-76(81)63-59-55-51-47-44-40-37-33-30-26-22-18-14-10-6-2/h9-10,13-14,21-23,25-27,32-35,37-38,73-75,80H,5-8,11-12,15-20,24,28-31,36,39-72H2,1-4H3,(H,85,86)(H,87,88)/b13-9-,14-10-,25-21-,26-22-,27-23-,35-32-,37-33-,38-34-. The first kappa shape index (κ1) is 94.0. The average Bonchev–Trinajstić information content (AvgIpc) is 0.986. The van der Waals surface area contributed by atoms with Gasteiger partial charge in [0.2, 0.25) is 0 Å². The number of aliphatic hydroxyl groups excluding tert-OH is 1. The predicted octanol–water partition coefficient (Wildman–Crippen LogP) is 22.0. The smallest absolute Gasteiger partial charge is 0.462 e. The van der Waals surface area contributed by atoms with Gasteiger partial charge in [-0.2, -0.15) is 0 Å². The summed E-state index contributed by atoms with van der Waals surface area (Å²) < 4.78 is 68.5. The van der Waals surface area contributed by atoms with E-state index in [1.807, 2.05) is 0 Å². The molecule has 3 N–H and O–H groups in total. The Morgan fingerprint density at radius 3 is 0.837 bits per heavy atom. The van der Waals surface area contributed by atoms with Crippen LogP contribution >= 0.6 is 15.6 Å². The zero-order valence-corrected chi connectivity index (χ0v) is 63.5. The van der Waals surface area contributed by atoms with Crippen molar-refractivity contribution < 1.29 is 80.2 Å². The topological polar surface area (TPSA) is 237 Å². The molecular weight excluding hydrogens is 1280 g/mol. The van der Waals surface area contributed by atoms with Crippen LogP contribution in [0.25, 0.3) is 0 Å². The average molecular weight is 1420 g/mol. The molecule has 0 aromatic carbocycles. The molecule has 0 fully saturated rings. The molecule has 98 heavy (non-hydrogen) atoms. The number of allylic oxidation sites excluding steroid dienone is 16. The van der Waals surface area contributed by atoms with Crippen LogP contribution in [0, 0.1) is 0 Å². The molecule has 0 amide bonds. The molecule has 566 valence electrons. The van der Waals surface area contributed by atoms with E-state index in [2.05, 4.69) is 125 Å². The van der Waals surface area contributed by atoms with Crippen LogP contribution in [0.1, 0.15) is 323 Å². The lowest BCUT2D eigenvalue weighted by atomic mass is 10.1. The normalized spacial score (nSPS) is 14.5. The van der Waals surface area contributed by atoms with Gasteiger partial charge in [0.05, 0.1) is 26.4 Å². The van der Waals surface area contributed by atoms with Crippen molar-refractivity contribution in [2.24, 2.45) is 0 Å². The fourth-order valence-corrected chi connectivity index (χ4v) is 11.8. The van der Waals surface area contributed by atoms with Crippen LogP contribution in [-0.2, 0) is 65.4 Å². The van der Waals surface area contributed by atoms with E-state index in [0.29, 0.717) is 25.7 Å². The molecular formula is C79H138O17P2. The summed E-state index contributed by atoms with van der Waals surface area (Å²) in [6.45, 7) is 4.60. The Labute approximate surface area is 595 Å². The lowest BCUT2D eigenvalue weighted by molar-refractivity contribution is -0.161. The van der Waals surface area contributed by atoms with E-state index in [1.165, 1.54) is 57.8 Å². The first-order valence-electron chi connectivity index (χ1n) is 38.5. The Bertz CT molecular complexity index is 2240. The largest absolute Gasteiger partial charge is 0.472 e. The van der Waals surface area contributed by atoms with E-state index in [0.717, 1.165) is 186 Å². The van der Waals surface area contributed by atoms with Crippen LogP contribution in [0.3, 0.4) is 0 Å². The zero-order valence-electron chi connectivity index (χ0n) is 61.7. The minimum atomic E-state index is -4.98. The Hall–Kier alpha value is -4.02. The summed E-state index contributed by atoms with van der Waals surface area (Å²) >= 11 is 0. The van der Waals surface area contributed by atoms with Crippen molar-refractivity contribution in [2.75, 3.05) is 39.6 Å². The van der Waals surface area contributed by atoms with E-state index in [4.69, 9.17) is 37.0 Å². The molecule has 0 heterocycles. The number of rotatable bonds is 72. The second kappa shape index (κ2) is 71.4. The number of carbonyl (C=O) groups is 4. The van der Waals surface area contributed by atoms with Gasteiger partial charge < -0.3 is 33.8 Å². The maximum Gasteiger partial charge on any atom is 0.472 e. The van der Waals surface area contributed by atoms with Gasteiger partial charge in [-0.3, -0.25) is 37.3 Å². The number of phosphoric ester groups is 2. The number of unbranched alkanes of at least 4 members (excludes halogenated alkanes) is 30. The fourth-order valence-electron chi connectivity index (χ4n) is 10.2. The quantitative estimate of drug-likeness (QED) is 0.0169. The van der Waals surface area contributed by atoms with E-state index in [-0.39, 0.29) is 25.7 Å². The summed E-state index contributed by atoms with van der Waals surface area (Å²) in [5, 5.41) is 10.6. The van der Waals surface area contributed by atoms with Crippen molar-refractivity contribution in [1.29, 1.82) is 0 Å². The number of aliphatic hydroxyl groups is 1. The highest BCUT2D eigenvalue weighted by Gasteiger charge is 2.30. The van der Waals surface area contributed by atoms with Crippen molar-refractivity contribution in [2.45, 2.75) is 341 Å². The third kappa shape index (κ3) is 70.4. The van der Waals surface area contributed by atoms with Crippen molar-refractivity contribution in [3.8, 4) is 0 Å². The van der Waals surface area contributed by atoms with Gasteiger partial charge in [-0.1, -0.05) is 273 Å². The first-order chi connectivity index (χ1) is 47.7. The summed E-state index contributed by atoms with van der Waals surface area (Å²) in [6, 6.07) is 0. The summed E-state index contributed by atoms with van der Waals surface area (Å²) in [6.07, 6.45) is 73.9. The summed E-state index contributed by atoms with van der Waals surface area (Å²) in [5.41, 5.74) is 0. The van der Waals surface area contributed by atoms with Gasteiger partial charge in [0, 0.05) is 25.7 Å². The summed E-state index contributed by atoms with van der Waals surface area (Å²) in [4.78, 5) is 72.8. The fraction of sp³-hybridized carbons (Fsp3) is 0.747. The third-order valence-electron chi connectivity index (χ3n) is 16.0. The zero-order chi connectivity index (χ0) is 71.8. The van der Waals surface area contributed by atoms with Crippen LogP contribution in [0.4, 0.5) is 0 Å². The molecule has 0 spiro atoms. The highest BCUT2D eigenvalue weighted by molar-refractivity contribution is 7.47. The highest BCUT2D eigenvalue weighted by Crippen LogP contribution is 2.45. The van der Waals surface area contributed by atoms with Gasteiger partial charge in [0.1, 0.15) is 19.3 Å². The van der Waals surface area contributed by atoms with Crippen molar-refractivity contribution in [3.63, 3.8) is 0 Å². The maximum absolute atomic E-state index is 13.1. The molecule has 19 heteroatoms. The molecule has 0 aliphatic heterocycles. The van der Waals surface area contributed by atoms with Crippen LogP contribution < -0.4 is 0 Å². The lowest BCUT2D eigenvalue weighted by Gasteiger charge is -2.21. The van der Waals surface area contributed by atoms with E-state index < -0.39 is 97.5 Å². The number of esters is 4. The van der Waals surface area contributed by atoms with E-state index in [1.54, 1.807) is 0 Å². The Morgan fingerprint density at radius 1 is 0.296 bits per heavy atom. The number of carbonyl (C=O) groups excluding carboxylic acids is 4. The van der Waals surface area contributed by atoms with Gasteiger partial charge in [-0.15, -0.1) is 0 Å². The second-order valence-corrected chi connectivity index (χ2v) is 28.4. The number of hydrogen-bond acceptors (Lipinski definition) is 15. The predicted molar refractivity (Wildman–Crippen MR) is 399 cm³/mol. The van der Waals surface area contributed by atoms with Gasteiger partial charge in [0.15, 0.2) is 12.2 Å². The van der Waals surface area contributed by atoms with Crippen LogP contribution in [0.5, 0.6) is 0 Å². The molecule has 0 rings (SSSR count). The number of phosphoric acid groups is 2. The van der Waals surface area contributed by atoms with Crippen LogP contribution in [0.2, 0.25) is 0 Å². The number of ether oxygens (including phenoxy) is 4. The maximum atomic E-state index is 13.1. The Balaban J connectivity index is 5.34. The molecule has 5 atom stereocenters. The minimum absolute atomic E-state index is 0.0770. The van der Waals surface area contributed by atoms with Gasteiger partial charge in [-0.25, -0.2) is 9.13 Å².